The average Bonchev–Trinajstić information content (AvgIpc) is 3.21. The summed E-state index contributed by atoms with van der Waals surface area (Å²) in [5.74, 6) is 0. The Hall–Kier alpha value is -0.680. The molecule has 2 saturated heterocycles. The summed E-state index contributed by atoms with van der Waals surface area (Å²) in [6.07, 6.45) is -6.17. The van der Waals surface area contributed by atoms with E-state index in [2.05, 4.69) is 9.98 Å². The van der Waals surface area contributed by atoms with Crippen molar-refractivity contribution in [2.75, 3.05) is 0 Å². The maximum Gasteiger partial charge on any atom is 0.157 e. The number of aliphatic hydroxyl groups excluding tert-OH is 4. The average molecular weight is 497 g/mol. The largest absolute Gasteiger partial charge is 0.388 e. The van der Waals surface area contributed by atoms with Crippen molar-refractivity contribution in [3.05, 3.63) is 0 Å². The van der Waals surface area contributed by atoms with Crippen LogP contribution in [0.4, 0.5) is 0 Å². The molecular formula is C18H32N4O8S2. The zero-order valence-corrected chi connectivity index (χ0v) is 19.8. The molecule has 0 bridgehead atoms. The Morgan fingerprint density at radius 3 is 1.28 bits per heavy atom. The molecule has 0 saturated carbocycles. The summed E-state index contributed by atoms with van der Waals surface area (Å²) in [6, 6.07) is -1.11. The fourth-order valence-electron chi connectivity index (χ4n) is 3.93. The molecule has 0 amide bonds. The van der Waals surface area contributed by atoms with Gasteiger partial charge in [0.15, 0.2) is 10.3 Å². The Morgan fingerprint density at radius 2 is 1.00 bits per heavy atom. The first kappa shape index (κ1) is 25.9. The van der Waals surface area contributed by atoms with E-state index < -0.39 is 70.8 Å². The van der Waals surface area contributed by atoms with Crippen LogP contribution in [-0.4, -0.2) is 112 Å². The molecule has 0 aliphatic carbocycles. The second kappa shape index (κ2) is 9.17. The summed E-state index contributed by atoms with van der Waals surface area (Å²) in [4.78, 5) is 8.00. The Balaban J connectivity index is 0.000000181. The molecule has 0 aromatic rings. The third kappa shape index (κ3) is 5.19. The van der Waals surface area contributed by atoms with E-state index in [1.54, 1.807) is 0 Å². The number of thioether (sulfide) groups is 2. The van der Waals surface area contributed by atoms with E-state index in [1.165, 1.54) is 51.2 Å². The summed E-state index contributed by atoms with van der Waals surface area (Å²) in [5, 5.41) is 59.8. The lowest BCUT2D eigenvalue weighted by atomic mass is 9.88. The van der Waals surface area contributed by atoms with Crippen LogP contribution in [0.3, 0.4) is 0 Å². The van der Waals surface area contributed by atoms with Crippen LogP contribution in [-0.2, 0) is 9.47 Å². The van der Waals surface area contributed by atoms with Crippen molar-refractivity contribution in [2.45, 2.75) is 98.5 Å². The predicted molar refractivity (Wildman–Crippen MR) is 120 cm³/mol. The molecule has 0 aromatic carbocycles. The van der Waals surface area contributed by atoms with Gasteiger partial charge in [-0.1, -0.05) is 23.5 Å². The first-order valence-corrected chi connectivity index (χ1v) is 11.8. The Bertz CT molecular complexity index is 696. The van der Waals surface area contributed by atoms with Gasteiger partial charge in [-0.15, -0.1) is 0 Å². The van der Waals surface area contributed by atoms with Gasteiger partial charge in [-0.2, -0.15) is 0 Å². The highest BCUT2D eigenvalue weighted by atomic mass is 32.2. The number of aliphatic hydroxyl groups is 6. The van der Waals surface area contributed by atoms with Gasteiger partial charge in [0, 0.05) is 0 Å². The van der Waals surface area contributed by atoms with Gasteiger partial charge in [-0.3, -0.25) is 9.98 Å². The number of hydrogen-bond donors (Lipinski definition) is 8. The lowest BCUT2D eigenvalue weighted by molar-refractivity contribution is -0.208. The second-order valence-corrected chi connectivity index (χ2v) is 11.5. The molecule has 0 spiro atoms. The van der Waals surface area contributed by atoms with Gasteiger partial charge in [0.2, 0.25) is 0 Å². The van der Waals surface area contributed by atoms with Crippen molar-refractivity contribution in [3.8, 4) is 0 Å². The van der Waals surface area contributed by atoms with E-state index in [-0.39, 0.29) is 0 Å². The highest BCUT2D eigenvalue weighted by Gasteiger charge is 2.53. The summed E-state index contributed by atoms with van der Waals surface area (Å²) in [6.45, 7) is 6.10. The van der Waals surface area contributed by atoms with Crippen LogP contribution in [0.1, 0.15) is 27.7 Å². The molecule has 4 rings (SSSR count). The number of fused-ring (bicyclic) bond motifs is 2. The molecule has 0 aromatic heterocycles. The van der Waals surface area contributed by atoms with Gasteiger partial charge in [-0.05, 0) is 27.7 Å². The van der Waals surface area contributed by atoms with Gasteiger partial charge in [0.25, 0.3) is 0 Å². The molecule has 32 heavy (non-hydrogen) atoms. The minimum Gasteiger partial charge on any atom is -0.388 e. The monoisotopic (exact) mass is 496 g/mol. The summed E-state index contributed by atoms with van der Waals surface area (Å²) < 4.78 is 11.1. The molecule has 4 aliphatic rings. The first-order valence-electron chi connectivity index (χ1n) is 10.1. The SMILES string of the molecule is CC(C)(O)[C@H]1O[C@@H]2SC(N)=N[C@@H]2[C@@H](O)[C@@H]1O.CC(C)(O)[C@H]1O[C@@H]2SC(N)=N[C@@H]2[C@@H](O)[C@@H]1O. The molecule has 12 nitrogen and oxygen atoms in total. The Kier molecular flexibility index (Phi) is 7.43. The van der Waals surface area contributed by atoms with E-state index in [9.17, 15) is 30.6 Å². The number of rotatable bonds is 2. The highest BCUT2D eigenvalue weighted by molar-refractivity contribution is 8.14. The zero-order chi connectivity index (χ0) is 24.2. The topological polar surface area (TPSA) is 217 Å². The number of ether oxygens (including phenoxy) is 2. The third-order valence-corrected chi connectivity index (χ3v) is 7.50. The van der Waals surface area contributed by atoms with E-state index in [0.717, 1.165) is 0 Å². The normalized spacial score (nSPS) is 44.1. The fraction of sp³-hybridized carbons (Fsp3) is 0.889. The number of nitrogens with two attached hydrogens (primary N) is 2. The van der Waals surface area contributed by atoms with Crippen molar-refractivity contribution in [1.82, 2.24) is 0 Å². The zero-order valence-electron chi connectivity index (χ0n) is 18.1. The first-order chi connectivity index (χ1) is 14.6. The Morgan fingerprint density at radius 1 is 0.688 bits per heavy atom. The summed E-state index contributed by atoms with van der Waals surface area (Å²) in [5.41, 5.74) is 7.73. The van der Waals surface area contributed by atoms with Crippen LogP contribution >= 0.6 is 23.5 Å². The molecule has 184 valence electrons. The number of nitrogens with zero attached hydrogens (tertiary/aromatic N) is 2. The lowest BCUT2D eigenvalue weighted by Gasteiger charge is -2.43. The van der Waals surface area contributed by atoms with E-state index in [0.29, 0.717) is 10.3 Å². The van der Waals surface area contributed by atoms with Crippen molar-refractivity contribution in [3.63, 3.8) is 0 Å². The van der Waals surface area contributed by atoms with Crippen LogP contribution < -0.4 is 11.5 Å². The van der Waals surface area contributed by atoms with Gasteiger partial charge in [-0.25, -0.2) is 0 Å². The molecule has 0 radical (unpaired) electrons. The number of amidine groups is 2. The fourth-order valence-corrected chi connectivity index (χ4v) is 5.84. The molecule has 14 heteroatoms. The maximum absolute atomic E-state index is 9.88. The van der Waals surface area contributed by atoms with Gasteiger partial charge in [0.1, 0.15) is 59.6 Å². The molecule has 0 unspecified atom stereocenters. The van der Waals surface area contributed by atoms with Gasteiger partial charge in [0.05, 0.1) is 11.2 Å². The molecule has 4 aliphatic heterocycles. The van der Waals surface area contributed by atoms with Gasteiger partial charge >= 0.3 is 0 Å². The van der Waals surface area contributed by atoms with Crippen LogP contribution in [0.5, 0.6) is 0 Å². The standard InChI is InChI=1S/2C9H16N2O4S/c2*1-9(2,14)6-5(13)4(12)3-7(15-6)16-8(10)11-3/h2*3-7,12-14H,1-2H3,(H2,10,11)/t2*3-,4-,5+,6+,7-/m11/s1. The second-order valence-electron chi connectivity index (χ2n) is 9.27. The summed E-state index contributed by atoms with van der Waals surface area (Å²) >= 11 is 2.40. The minimum absolute atomic E-state index is 0.331. The van der Waals surface area contributed by atoms with Gasteiger partial charge < -0.3 is 51.6 Å². The molecule has 10 N–H and O–H groups in total. The van der Waals surface area contributed by atoms with Crippen LogP contribution in [0.25, 0.3) is 0 Å². The highest BCUT2D eigenvalue weighted by Crippen LogP contribution is 2.39. The number of hydrogen-bond acceptors (Lipinski definition) is 14. The predicted octanol–water partition coefficient (Wildman–Crippen LogP) is -2.73. The quantitative estimate of drug-likeness (QED) is 0.195. The van der Waals surface area contributed by atoms with Crippen molar-refractivity contribution in [2.24, 2.45) is 21.5 Å². The summed E-state index contributed by atoms with van der Waals surface area (Å²) in [7, 11) is 0. The van der Waals surface area contributed by atoms with E-state index in [4.69, 9.17) is 20.9 Å². The van der Waals surface area contributed by atoms with Crippen molar-refractivity contribution >= 4 is 33.9 Å². The van der Waals surface area contributed by atoms with E-state index in [1.807, 2.05) is 0 Å². The van der Waals surface area contributed by atoms with E-state index >= 15 is 0 Å². The van der Waals surface area contributed by atoms with Crippen LogP contribution in [0, 0.1) is 0 Å². The third-order valence-electron chi connectivity index (χ3n) is 5.56. The van der Waals surface area contributed by atoms with Crippen molar-refractivity contribution < 1.29 is 40.1 Å². The maximum atomic E-state index is 9.88. The smallest absolute Gasteiger partial charge is 0.157 e. The lowest BCUT2D eigenvalue weighted by Crippen LogP contribution is -2.61. The Labute approximate surface area is 194 Å². The molecule has 10 atom stereocenters. The molecule has 4 heterocycles. The molecular weight excluding hydrogens is 464 g/mol. The molecule has 2 fully saturated rings. The van der Waals surface area contributed by atoms with Crippen LogP contribution in [0.2, 0.25) is 0 Å². The van der Waals surface area contributed by atoms with Crippen molar-refractivity contribution in [1.29, 1.82) is 0 Å². The van der Waals surface area contributed by atoms with Crippen LogP contribution in [0.15, 0.2) is 9.98 Å². The minimum atomic E-state index is -1.23. The number of aliphatic imine (C=N–C) groups is 2.